The molecule has 1 saturated heterocycles. The van der Waals surface area contributed by atoms with Crippen LogP contribution in [0.25, 0.3) is 11.4 Å². The summed E-state index contributed by atoms with van der Waals surface area (Å²) in [6.07, 6.45) is 7.46. The third kappa shape index (κ3) is 4.35. The lowest BCUT2D eigenvalue weighted by molar-refractivity contribution is 0.144. The fourth-order valence-corrected chi connectivity index (χ4v) is 3.33. The monoisotopic (exact) mass is 381 g/mol. The van der Waals surface area contributed by atoms with Gasteiger partial charge in [0.1, 0.15) is 6.61 Å². The van der Waals surface area contributed by atoms with E-state index in [9.17, 15) is 0 Å². The molecule has 3 aromatic heterocycles. The molecule has 0 bridgehead atoms. The second kappa shape index (κ2) is 8.90. The minimum absolute atomic E-state index is 0.138. The molecule has 8 nitrogen and oxygen atoms in total. The molecule has 0 N–H and O–H groups in total. The Kier molecular flexibility index (Phi) is 5.89. The summed E-state index contributed by atoms with van der Waals surface area (Å²) in [5.41, 5.74) is 2.03. The van der Waals surface area contributed by atoms with Gasteiger partial charge in [0.05, 0.1) is 12.6 Å². The van der Waals surface area contributed by atoms with Gasteiger partial charge in [0.2, 0.25) is 17.6 Å². The zero-order valence-corrected chi connectivity index (χ0v) is 15.8. The van der Waals surface area contributed by atoms with E-state index in [0.29, 0.717) is 30.8 Å². The van der Waals surface area contributed by atoms with Crippen LogP contribution in [-0.2, 0) is 11.3 Å². The number of rotatable bonds is 8. The lowest BCUT2D eigenvalue weighted by Crippen LogP contribution is -2.23. The van der Waals surface area contributed by atoms with Crippen molar-refractivity contribution in [3.63, 3.8) is 0 Å². The highest BCUT2D eigenvalue weighted by atomic mass is 16.5. The van der Waals surface area contributed by atoms with Crippen molar-refractivity contribution < 1.29 is 14.0 Å². The molecule has 0 aromatic carbocycles. The van der Waals surface area contributed by atoms with E-state index < -0.39 is 0 Å². The first kappa shape index (κ1) is 18.5. The maximum Gasteiger partial charge on any atom is 0.244 e. The summed E-state index contributed by atoms with van der Waals surface area (Å²) in [4.78, 5) is 15.4. The molecule has 1 fully saturated rings. The SMILES string of the molecule is COCCOc1ccc(-c2noc([C@H]3CCCN3Cc3ccncc3)n2)cn1. The molecule has 0 saturated carbocycles. The average Bonchev–Trinajstić information content (AvgIpc) is 3.39. The molecule has 4 rings (SSSR count). The number of pyridine rings is 2. The van der Waals surface area contributed by atoms with E-state index in [4.69, 9.17) is 14.0 Å². The summed E-state index contributed by atoms with van der Waals surface area (Å²) >= 11 is 0. The van der Waals surface area contributed by atoms with Crippen molar-refractivity contribution >= 4 is 0 Å². The van der Waals surface area contributed by atoms with E-state index in [0.717, 1.165) is 31.5 Å². The van der Waals surface area contributed by atoms with E-state index in [2.05, 4.69) is 25.0 Å². The molecule has 0 spiro atoms. The van der Waals surface area contributed by atoms with Crippen LogP contribution in [0.15, 0.2) is 47.4 Å². The maximum absolute atomic E-state index is 5.59. The summed E-state index contributed by atoms with van der Waals surface area (Å²) in [6, 6.07) is 7.89. The summed E-state index contributed by atoms with van der Waals surface area (Å²) in [6.45, 7) is 2.85. The molecule has 1 aliphatic rings. The highest BCUT2D eigenvalue weighted by Crippen LogP contribution is 2.33. The van der Waals surface area contributed by atoms with Gasteiger partial charge >= 0.3 is 0 Å². The molecule has 0 amide bonds. The predicted octanol–water partition coefficient (Wildman–Crippen LogP) is 2.89. The van der Waals surface area contributed by atoms with Crippen molar-refractivity contribution in [2.45, 2.75) is 25.4 Å². The minimum atomic E-state index is 0.138. The van der Waals surface area contributed by atoms with Gasteiger partial charge in [-0.25, -0.2) is 4.98 Å². The van der Waals surface area contributed by atoms with E-state index >= 15 is 0 Å². The minimum Gasteiger partial charge on any atom is -0.475 e. The summed E-state index contributed by atoms with van der Waals surface area (Å²) in [5, 5.41) is 4.15. The first-order valence-electron chi connectivity index (χ1n) is 9.38. The summed E-state index contributed by atoms with van der Waals surface area (Å²) in [7, 11) is 1.64. The zero-order chi connectivity index (χ0) is 19.2. The fraction of sp³-hybridized carbons (Fsp3) is 0.400. The lowest BCUT2D eigenvalue weighted by Gasteiger charge is -2.21. The van der Waals surface area contributed by atoms with Crippen molar-refractivity contribution in [1.29, 1.82) is 0 Å². The van der Waals surface area contributed by atoms with Gasteiger partial charge in [0, 0.05) is 43.9 Å². The quantitative estimate of drug-likeness (QED) is 0.551. The molecule has 4 heterocycles. The van der Waals surface area contributed by atoms with Crippen molar-refractivity contribution in [1.82, 2.24) is 25.0 Å². The average molecular weight is 381 g/mol. The summed E-state index contributed by atoms with van der Waals surface area (Å²) < 4.78 is 16.0. The third-order valence-electron chi connectivity index (χ3n) is 4.76. The molecule has 0 unspecified atom stereocenters. The Morgan fingerprint density at radius 1 is 1.18 bits per heavy atom. The number of methoxy groups -OCH3 is 1. The van der Waals surface area contributed by atoms with Gasteiger partial charge in [-0.15, -0.1) is 0 Å². The van der Waals surface area contributed by atoms with Crippen LogP contribution in [0.1, 0.15) is 30.3 Å². The second-order valence-corrected chi connectivity index (χ2v) is 6.67. The fourth-order valence-electron chi connectivity index (χ4n) is 3.33. The topological polar surface area (TPSA) is 86.4 Å². The Bertz CT molecular complexity index is 869. The standard InChI is InChI=1S/C20H23N5O3/c1-26-11-12-27-18-5-4-16(13-22-18)19-23-20(28-24-19)17-3-2-10-25(17)14-15-6-8-21-9-7-15/h4-9,13,17H,2-3,10-12,14H2,1H3/t17-/m1/s1. The highest BCUT2D eigenvalue weighted by molar-refractivity contribution is 5.53. The molecule has 0 aliphatic carbocycles. The molecule has 28 heavy (non-hydrogen) atoms. The van der Waals surface area contributed by atoms with Gasteiger partial charge in [-0.05, 0) is 43.1 Å². The van der Waals surface area contributed by atoms with Gasteiger partial charge < -0.3 is 14.0 Å². The van der Waals surface area contributed by atoms with E-state index in [-0.39, 0.29) is 6.04 Å². The van der Waals surface area contributed by atoms with Crippen LogP contribution in [0, 0.1) is 0 Å². The van der Waals surface area contributed by atoms with E-state index in [1.54, 1.807) is 19.4 Å². The lowest BCUT2D eigenvalue weighted by atomic mass is 10.2. The number of likely N-dealkylation sites (tertiary alicyclic amines) is 1. The van der Waals surface area contributed by atoms with E-state index in [1.165, 1.54) is 5.56 Å². The smallest absolute Gasteiger partial charge is 0.244 e. The molecule has 1 aliphatic heterocycles. The van der Waals surface area contributed by atoms with Gasteiger partial charge in [-0.1, -0.05) is 5.16 Å². The van der Waals surface area contributed by atoms with Crippen LogP contribution >= 0.6 is 0 Å². The first-order chi connectivity index (χ1) is 13.8. The number of nitrogens with zero attached hydrogens (tertiary/aromatic N) is 5. The van der Waals surface area contributed by atoms with Crippen molar-refractivity contribution in [3.8, 4) is 17.3 Å². The maximum atomic E-state index is 5.59. The second-order valence-electron chi connectivity index (χ2n) is 6.67. The Balaban J connectivity index is 1.43. The van der Waals surface area contributed by atoms with Crippen LogP contribution in [0.2, 0.25) is 0 Å². The zero-order valence-electron chi connectivity index (χ0n) is 15.8. The van der Waals surface area contributed by atoms with Crippen LogP contribution in [0.3, 0.4) is 0 Å². The van der Waals surface area contributed by atoms with Crippen molar-refractivity contribution in [3.05, 3.63) is 54.3 Å². The van der Waals surface area contributed by atoms with Crippen LogP contribution in [-0.4, -0.2) is 51.9 Å². The summed E-state index contributed by atoms with van der Waals surface area (Å²) in [5.74, 6) is 1.74. The van der Waals surface area contributed by atoms with Gasteiger partial charge in [-0.3, -0.25) is 9.88 Å². The first-order valence-corrected chi connectivity index (χ1v) is 9.38. The Labute approximate surface area is 163 Å². The molecule has 3 aromatic rings. The van der Waals surface area contributed by atoms with Crippen LogP contribution < -0.4 is 4.74 Å². The van der Waals surface area contributed by atoms with Gasteiger partial charge in [-0.2, -0.15) is 4.98 Å². The number of aromatic nitrogens is 4. The van der Waals surface area contributed by atoms with Gasteiger partial charge in [0.25, 0.3) is 0 Å². The molecule has 0 radical (unpaired) electrons. The normalized spacial score (nSPS) is 17.1. The Morgan fingerprint density at radius 2 is 2.07 bits per heavy atom. The van der Waals surface area contributed by atoms with Crippen LogP contribution in [0.4, 0.5) is 0 Å². The number of ether oxygens (including phenoxy) is 2. The molecule has 1 atom stereocenters. The number of hydrogen-bond acceptors (Lipinski definition) is 8. The van der Waals surface area contributed by atoms with Gasteiger partial charge in [0.15, 0.2) is 0 Å². The molecule has 8 heteroatoms. The largest absolute Gasteiger partial charge is 0.475 e. The van der Waals surface area contributed by atoms with Crippen molar-refractivity contribution in [2.75, 3.05) is 26.9 Å². The van der Waals surface area contributed by atoms with Crippen molar-refractivity contribution in [2.24, 2.45) is 0 Å². The molecular formula is C20H23N5O3. The highest BCUT2D eigenvalue weighted by Gasteiger charge is 2.30. The number of hydrogen-bond donors (Lipinski definition) is 0. The third-order valence-corrected chi connectivity index (χ3v) is 4.76. The Hall–Kier alpha value is -2.84. The Morgan fingerprint density at radius 3 is 2.86 bits per heavy atom. The predicted molar refractivity (Wildman–Crippen MR) is 102 cm³/mol. The van der Waals surface area contributed by atoms with Crippen LogP contribution in [0.5, 0.6) is 5.88 Å². The van der Waals surface area contributed by atoms with E-state index in [1.807, 2.05) is 30.6 Å². The molecule has 146 valence electrons. The molecular weight excluding hydrogens is 358 g/mol.